The SMILES string of the molecule is COc1cccnc1N(CCCl)C1CC1. The van der Waals surface area contributed by atoms with Gasteiger partial charge < -0.3 is 9.64 Å². The molecule has 0 saturated heterocycles. The first kappa shape index (κ1) is 10.6. The van der Waals surface area contributed by atoms with Gasteiger partial charge in [-0.3, -0.25) is 0 Å². The third-order valence-electron chi connectivity index (χ3n) is 2.56. The van der Waals surface area contributed by atoms with E-state index in [2.05, 4.69) is 9.88 Å². The normalized spacial score (nSPS) is 15.1. The number of halogens is 1. The van der Waals surface area contributed by atoms with Crippen molar-refractivity contribution in [3.63, 3.8) is 0 Å². The molecule has 0 bridgehead atoms. The van der Waals surface area contributed by atoms with Gasteiger partial charge in [-0.2, -0.15) is 0 Å². The van der Waals surface area contributed by atoms with E-state index < -0.39 is 0 Å². The highest BCUT2D eigenvalue weighted by Gasteiger charge is 2.31. The van der Waals surface area contributed by atoms with Crippen LogP contribution in [0.1, 0.15) is 12.8 Å². The first-order valence-corrected chi connectivity index (χ1v) is 5.72. The second-order valence-electron chi connectivity index (χ2n) is 3.64. The third-order valence-corrected chi connectivity index (χ3v) is 2.72. The standard InChI is InChI=1S/C11H15ClN2O/c1-15-10-3-2-7-13-11(10)14(8-6-12)9-4-5-9/h2-3,7,9H,4-6,8H2,1H3. The molecule has 3 nitrogen and oxygen atoms in total. The van der Waals surface area contributed by atoms with Crippen LogP contribution in [0, 0.1) is 0 Å². The van der Waals surface area contributed by atoms with Gasteiger partial charge in [0.25, 0.3) is 0 Å². The van der Waals surface area contributed by atoms with E-state index in [1.807, 2.05) is 12.1 Å². The molecule has 0 aromatic carbocycles. The van der Waals surface area contributed by atoms with Crippen LogP contribution in [-0.2, 0) is 0 Å². The molecule has 2 rings (SSSR count). The molecule has 0 N–H and O–H groups in total. The van der Waals surface area contributed by atoms with Crippen molar-refractivity contribution in [2.45, 2.75) is 18.9 Å². The minimum absolute atomic E-state index is 0.604. The summed E-state index contributed by atoms with van der Waals surface area (Å²) in [7, 11) is 1.67. The summed E-state index contributed by atoms with van der Waals surface area (Å²) in [5.74, 6) is 2.37. The van der Waals surface area contributed by atoms with Crippen molar-refractivity contribution in [1.82, 2.24) is 4.98 Å². The van der Waals surface area contributed by atoms with Crippen molar-refractivity contribution in [2.75, 3.05) is 24.4 Å². The Labute approximate surface area is 95.0 Å². The molecule has 82 valence electrons. The lowest BCUT2D eigenvalue weighted by molar-refractivity contribution is 0.412. The average molecular weight is 227 g/mol. The molecular weight excluding hydrogens is 212 g/mol. The Morgan fingerprint density at radius 3 is 3.00 bits per heavy atom. The first-order valence-electron chi connectivity index (χ1n) is 5.18. The molecule has 1 aliphatic carbocycles. The zero-order valence-corrected chi connectivity index (χ0v) is 9.57. The molecule has 1 aromatic rings. The van der Waals surface area contributed by atoms with Gasteiger partial charge in [0.05, 0.1) is 7.11 Å². The molecule has 0 amide bonds. The van der Waals surface area contributed by atoms with Crippen molar-refractivity contribution >= 4 is 17.4 Å². The molecule has 4 heteroatoms. The monoisotopic (exact) mass is 226 g/mol. The summed E-state index contributed by atoms with van der Waals surface area (Å²) in [6.45, 7) is 0.833. The summed E-state index contributed by atoms with van der Waals surface area (Å²) in [5.41, 5.74) is 0. The fourth-order valence-corrected chi connectivity index (χ4v) is 1.88. The average Bonchev–Trinajstić information content (AvgIpc) is 3.10. The Hall–Kier alpha value is -0.960. The number of pyridine rings is 1. The predicted octanol–water partition coefficient (Wildman–Crippen LogP) is 2.30. The van der Waals surface area contributed by atoms with Crippen LogP contribution in [0.25, 0.3) is 0 Å². The van der Waals surface area contributed by atoms with Crippen LogP contribution in [0.2, 0.25) is 0 Å². The van der Waals surface area contributed by atoms with E-state index in [4.69, 9.17) is 16.3 Å². The Morgan fingerprint density at radius 2 is 2.40 bits per heavy atom. The van der Waals surface area contributed by atoms with Gasteiger partial charge in [-0.1, -0.05) is 0 Å². The van der Waals surface area contributed by atoms with Crippen molar-refractivity contribution < 1.29 is 4.74 Å². The topological polar surface area (TPSA) is 25.4 Å². The van der Waals surface area contributed by atoms with Crippen LogP contribution in [0.15, 0.2) is 18.3 Å². The second-order valence-corrected chi connectivity index (χ2v) is 4.02. The van der Waals surface area contributed by atoms with E-state index in [1.165, 1.54) is 12.8 Å². The molecule has 1 saturated carbocycles. The summed E-state index contributed by atoms with van der Waals surface area (Å²) in [6, 6.07) is 4.42. The third kappa shape index (κ3) is 2.34. The molecule has 1 fully saturated rings. The van der Waals surface area contributed by atoms with Gasteiger partial charge in [0, 0.05) is 24.7 Å². The highest BCUT2D eigenvalue weighted by molar-refractivity contribution is 6.18. The van der Waals surface area contributed by atoms with Crippen molar-refractivity contribution in [3.05, 3.63) is 18.3 Å². The van der Waals surface area contributed by atoms with Crippen molar-refractivity contribution in [2.24, 2.45) is 0 Å². The van der Waals surface area contributed by atoms with E-state index in [-0.39, 0.29) is 0 Å². The number of nitrogens with zero attached hydrogens (tertiary/aromatic N) is 2. The number of aromatic nitrogens is 1. The van der Waals surface area contributed by atoms with Gasteiger partial charge in [0.2, 0.25) is 0 Å². The van der Waals surface area contributed by atoms with Crippen LogP contribution >= 0.6 is 11.6 Å². The Balaban J connectivity index is 2.23. The van der Waals surface area contributed by atoms with Gasteiger partial charge in [-0.05, 0) is 25.0 Å². The molecular formula is C11H15ClN2O. The van der Waals surface area contributed by atoms with Gasteiger partial charge in [-0.15, -0.1) is 11.6 Å². The van der Waals surface area contributed by atoms with E-state index in [9.17, 15) is 0 Å². The fourth-order valence-electron chi connectivity index (χ4n) is 1.70. The maximum Gasteiger partial charge on any atom is 0.171 e. The molecule has 0 aliphatic heterocycles. The number of hydrogen-bond acceptors (Lipinski definition) is 3. The van der Waals surface area contributed by atoms with Crippen LogP contribution in [0.4, 0.5) is 5.82 Å². The Bertz CT molecular complexity index is 328. The molecule has 0 atom stereocenters. The fraction of sp³-hybridized carbons (Fsp3) is 0.545. The molecule has 15 heavy (non-hydrogen) atoms. The maximum atomic E-state index is 5.80. The summed E-state index contributed by atoms with van der Waals surface area (Å²) >= 11 is 5.80. The van der Waals surface area contributed by atoms with E-state index in [0.29, 0.717) is 11.9 Å². The highest BCUT2D eigenvalue weighted by atomic mass is 35.5. The molecule has 1 aliphatic rings. The summed E-state index contributed by atoms with van der Waals surface area (Å²) in [6.07, 6.45) is 4.26. The Kier molecular flexibility index (Phi) is 3.31. The minimum atomic E-state index is 0.604. The van der Waals surface area contributed by atoms with Gasteiger partial charge >= 0.3 is 0 Å². The van der Waals surface area contributed by atoms with Crippen LogP contribution in [-0.4, -0.2) is 30.6 Å². The smallest absolute Gasteiger partial charge is 0.171 e. The van der Waals surface area contributed by atoms with Crippen LogP contribution < -0.4 is 9.64 Å². The molecule has 0 unspecified atom stereocenters. The van der Waals surface area contributed by atoms with E-state index >= 15 is 0 Å². The number of rotatable bonds is 5. The molecule has 1 aromatic heterocycles. The lowest BCUT2D eigenvalue weighted by Crippen LogP contribution is -2.29. The lowest BCUT2D eigenvalue weighted by Gasteiger charge is -2.23. The summed E-state index contributed by atoms with van der Waals surface area (Å²) in [4.78, 5) is 6.61. The number of methoxy groups -OCH3 is 1. The van der Waals surface area contributed by atoms with Crippen LogP contribution in [0.3, 0.4) is 0 Å². The minimum Gasteiger partial charge on any atom is -0.493 e. The zero-order valence-electron chi connectivity index (χ0n) is 8.82. The summed E-state index contributed by atoms with van der Waals surface area (Å²) < 4.78 is 5.30. The Morgan fingerprint density at radius 1 is 1.60 bits per heavy atom. The molecule has 0 radical (unpaired) electrons. The first-order chi connectivity index (χ1) is 7.36. The number of alkyl halides is 1. The van der Waals surface area contributed by atoms with Gasteiger partial charge in [0.1, 0.15) is 0 Å². The van der Waals surface area contributed by atoms with Gasteiger partial charge in [-0.25, -0.2) is 4.98 Å². The van der Waals surface area contributed by atoms with Crippen molar-refractivity contribution in [1.29, 1.82) is 0 Å². The van der Waals surface area contributed by atoms with E-state index in [0.717, 1.165) is 18.1 Å². The number of anilines is 1. The largest absolute Gasteiger partial charge is 0.493 e. The quantitative estimate of drug-likeness (QED) is 0.721. The zero-order chi connectivity index (χ0) is 10.7. The maximum absolute atomic E-state index is 5.80. The number of hydrogen-bond donors (Lipinski definition) is 0. The summed E-state index contributed by atoms with van der Waals surface area (Å²) in [5, 5.41) is 0. The molecule has 0 spiro atoms. The van der Waals surface area contributed by atoms with Crippen LogP contribution in [0.5, 0.6) is 5.75 Å². The van der Waals surface area contributed by atoms with E-state index in [1.54, 1.807) is 13.3 Å². The second kappa shape index (κ2) is 4.71. The lowest BCUT2D eigenvalue weighted by atomic mass is 10.3. The van der Waals surface area contributed by atoms with Gasteiger partial charge in [0.15, 0.2) is 11.6 Å². The van der Waals surface area contributed by atoms with Crippen molar-refractivity contribution in [3.8, 4) is 5.75 Å². The predicted molar refractivity (Wildman–Crippen MR) is 61.9 cm³/mol. The molecule has 1 heterocycles. The highest BCUT2D eigenvalue weighted by Crippen LogP contribution is 2.34. The number of ether oxygens (including phenoxy) is 1.